The summed E-state index contributed by atoms with van der Waals surface area (Å²) in [6, 6.07) is 3.15. The second kappa shape index (κ2) is 9.76. The number of rotatable bonds is 6. The molecular formula is C18H25N3O7S2. The SMILES string of the molecule is CCC#CCOc1ccc(S(=O)(=O)N2CCN(S(C)(=O)=O)C(C)C2C(=O)NO)cc1. The van der Waals surface area contributed by atoms with Crippen LogP contribution in [0.4, 0.5) is 0 Å². The van der Waals surface area contributed by atoms with E-state index in [1.54, 1.807) is 0 Å². The van der Waals surface area contributed by atoms with Crippen molar-refractivity contribution in [1.29, 1.82) is 0 Å². The predicted molar refractivity (Wildman–Crippen MR) is 109 cm³/mol. The zero-order valence-electron chi connectivity index (χ0n) is 16.9. The molecule has 1 aromatic rings. The van der Waals surface area contributed by atoms with E-state index in [4.69, 9.17) is 9.94 Å². The first-order chi connectivity index (χ1) is 14.0. The summed E-state index contributed by atoms with van der Waals surface area (Å²) in [5, 5.41) is 9.09. The third kappa shape index (κ3) is 5.30. The fourth-order valence-corrected chi connectivity index (χ4v) is 6.01. The second-order valence-corrected chi connectivity index (χ2v) is 10.4. The minimum absolute atomic E-state index is 0.0924. The average molecular weight is 460 g/mol. The minimum atomic E-state index is -4.16. The molecule has 1 saturated heterocycles. The Morgan fingerprint density at radius 1 is 1.17 bits per heavy atom. The van der Waals surface area contributed by atoms with E-state index in [1.807, 2.05) is 6.92 Å². The van der Waals surface area contributed by atoms with Crippen LogP contribution in [-0.2, 0) is 24.8 Å². The highest BCUT2D eigenvalue weighted by molar-refractivity contribution is 7.89. The number of hydrogen-bond acceptors (Lipinski definition) is 7. The van der Waals surface area contributed by atoms with Gasteiger partial charge in [0, 0.05) is 25.6 Å². The van der Waals surface area contributed by atoms with E-state index < -0.39 is 38.0 Å². The summed E-state index contributed by atoms with van der Waals surface area (Å²) in [6.45, 7) is 3.13. The first-order valence-electron chi connectivity index (χ1n) is 9.15. The zero-order chi connectivity index (χ0) is 22.5. The number of nitrogens with one attached hydrogen (secondary N) is 1. The van der Waals surface area contributed by atoms with Crippen molar-refractivity contribution < 1.29 is 31.6 Å². The molecule has 2 rings (SSSR count). The van der Waals surface area contributed by atoms with Crippen molar-refractivity contribution in [3.05, 3.63) is 24.3 Å². The van der Waals surface area contributed by atoms with Gasteiger partial charge < -0.3 is 4.74 Å². The van der Waals surface area contributed by atoms with E-state index >= 15 is 0 Å². The molecule has 2 atom stereocenters. The van der Waals surface area contributed by atoms with E-state index in [1.165, 1.54) is 36.7 Å². The average Bonchev–Trinajstić information content (AvgIpc) is 2.69. The largest absolute Gasteiger partial charge is 0.481 e. The molecule has 0 aliphatic carbocycles. The Kier molecular flexibility index (Phi) is 7.84. The van der Waals surface area contributed by atoms with Crippen LogP contribution in [-0.4, -0.2) is 74.6 Å². The van der Waals surface area contributed by atoms with Crippen molar-refractivity contribution in [2.45, 2.75) is 37.2 Å². The molecule has 0 aromatic heterocycles. The molecule has 2 N–H and O–H groups in total. The molecule has 1 aliphatic rings. The van der Waals surface area contributed by atoms with Gasteiger partial charge in [-0.05, 0) is 31.2 Å². The number of hydroxylamine groups is 1. The molecule has 0 saturated carbocycles. The van der Waals surface area contributed by atoms with E-state index in [-0.39, 0.29) is 24.6 Å². The van der Waals surface area contributed by atoms with Gasteiger partial charge in [-0.15, -0.1) is 5.92 Å². The quantitative estimate of drug-likeness (QED) is 0.348. The lowest BCUT2D eigenvalue weighted by Gasteiger charge is -2.42. The minimum Gasteiger partial charge on any atom is -0.481 e. The van der Waals surface area contributed by atoms with Gasteiger partial charge in [0.25, 0.3) is 5.91 Å². The fraction of sp³-hybridized carbons (Fsp3) is 0.500. The van der Waals surface area contributed by atoms with Gasteiger partial charge in [0.05, 0.1) is 11.2 Å². The van der Waals surface area contributed by atoms with Gasteiger partial charge in [0.15, 0.2) is 0 Å². The summed E-state index contributed by atoms with van der Waals surface area (Å²) < 4.78 is 57.6. The fourth-order valence-electron chi connectivity index (χ4n) is 3.23. The van der Waals surface area contributed by atoms with Crippen molar-refractivity contribution in [2.24, 2.45) is 0 Å². The highest BCUT2D eigenvalue weighted by Gasteiger charge is 2.47. The molecule has 1 fully saturated rings. The topological polar surface area (TPSA) is 133 Å². The van der Waals surface area contributed by atoms with Crippen molar-refractivity contribution >= 4 is 26.0 Å². The van der Waals surface area contributed by atoms with Gasteiger partial charge in [0.2, 0.25) is 20.0 Å². The van der Waals surface area contributed by atoms with Crippen molar-refractivity contribution in [2.75, 3.05) is 26.0 Å². The lowest BCUT2D eigenvalue weighted by atomic mass is 10.1. The smallest absolute Gasteiger partial charge is 0.263 e. The number of carbonyl (C=O) groups is 1. The highest BCUT2D eigenvalue weighted by atomic mass is 32.2. The Bertz CT molecular complexity index is 1030. The normalized spacial score (nSPS) is 20.8. The summed E-state index contributed by atoms with van der Waals surface area (Å²) in [5.41, 5.74) is 1.43. The number of piperazine rings is 1. The highest BCUT2D eigenvalue weighted by Crippen LogP contribution is 2.27. The lowest BCUT2D eigenvalue weighted by molar-refractivity contribution is -0.135. The molecule has 1 amide bonds. The third-order valence-corrected chi connectivity index (χ3v) is 7.87. The number of amides is 1. The van der Waals surface area contributed by atoms with Gasteiger partial charge >= 0.3 is 0 Å². The van der Waals surface area contributed by atoms with Crippen LogP contribution >= 0.6 is 0 Å². The van der Waals surface area contributed by atoms with Crippen LogP contribution in [0.15, 0.2) is 29.2 Å². The van der Waals surface area contributed by atoms with E-state index in [0.717, 1.165) is 14.9 Å². The Labute approximate surface area is 176 Å². The predicted octanol–water partition coefficient (Wildman–Crippen LogP) is 0.00720. The lowest BCUT2D eigenvalue weighted by Crippen LogP contribution is -2.65. The molecule has 2 unspecified atom stereocenters. The summed E-state index contributed by atoms with van der Waals surface area (Å²) in [5.74, 6) is 5.07. The molecule has 0 spiro atoms. The molecule has 10 nitrogen and oxygen atoms in total. The van der Waals surface area contributed by atoms with Crippen LogP contribution in [0.1, 0.15) is 20.3 Å². The number of hydrogen-bond donors (Lipinski definition) is 2. The van der Waals surface area contributed by atoms with Gasteiger partial charge in [-0.3, -0.25) is 10.0 Å². The molecule has 0 bridgehead atoms. The summed E-state index contributed by atoms with van der Waals surface area (Å²) in [6.07, 6.45) is 1.68. The maximum atomic E-state index is 13.2. The maximum absolute atomic E-state index is 13.2. The molecular weight excluding hydrogens is 434 g/mol. The number of carbonyl (C=O) groups excluding carboxylic acids is 1. The number of nitrogens with zero attached hydrogens (tertiary/aromatic N) is 2. The van der Waals surface area contributed by atoms with Crippen LogP contribution in [0.25, 0.3) is 0 Å². The van der Waals surface area contributed by atoms with Crippen molar-refractivity contribution in [1.82, 2.24) is 14.1 Å². The molecule has 166 valence electrons. The second-order valence-electron chi connectivity index (χ2n) is 6.62. The standard InChI is InChI=1S/C18H25N3O7S2/c1-4-5-6-13-28-15-7-9-16(10-8-15)30(26,27)21-12-11-20(29(3,24)25)14(2)17(21)18(22)19-23/h7-10,14,17,23H,4,11-13H2,1-3H3,(H,19,22). The summed E-state index contributed by atoms with van der Waals surface area (Å²) in [7, 11) is -7.84. The van der Waals surface area contributed by atoms with Crippen LogP contribution in [0.2, 0.25) is 0 Å². The first kappa shape index (κ1) is 24.1. The van der Waals surface area contributed by atoms with Crippen molar-refractivity contribution in [3.63, 3.8) is 0 Å². The monoisotopic (exact) mass is 459 g/mol. The van der Waals surface area contributed by atoms with E-state index in [0.29, 0.717) is 12.2 Å². The van der Waals surface area contributed by atoms with Crippen molar-refractivity contribution in [3.8, 4) is 17.6 Å². The molecule has 0 radical (unpaired) electrons. The molecule has 30 heavy (non-hydrogen) atoms. The molecule has 1 aliphatic heterocycles. The van der Waals surface area contributed by atoms with Crippen LogP contribution in [0, 0.1) is 11.8 Å². The zero-order valence-corrected chi connectivity index (χ0v) is 18.5. The van der Waals surface area contributed by atoms with Gasteiger partial charge in [0.1, 0.15) is 18.4 Å². The van der Waals surface area contributed by atoms with Gasteiger partial charge in [-0.2, -0.15) is 8.61 Å². The van der Waals surface area contributed by atoms with Crippen LogP contribution in [0.5, 0.6) is 5.75 Å². The number of sulfonamides is 2. The Morgan fingerprint density at radius 3 is 2.30 bits per heavy atom. The van der Waals surface area contributed by atoms with Gasteiger partial charge in [-0.25, -0.2) is 22.3 Å². The third-order valence-electron chi connectivity index (χ3n) is 4.61. The number of benzene rings is 1. The first-order valence-corrected chi connectivity index (χ1v) is 12.4. The Balaban J connectivity index is 2.31. The van der Waals surface area contributed by atoms with E-state index in [2.05, 4.69) is 11.8 Å². The molecule has 1 aromatic carbocycles. The van der Waals surface area contributed by atoms with E-state index in [9.17, 15) is 21.6 Å². The number of ether oxygens (including phenoxy) is 1. The molecule has 1 heterocycles. The Hall–Kier alpha value is -2.17. The summed E-state index contributed by atoms with van der Waals surface area (Å²) in [4.78, 5) is 12.1. The van der Waals surface area contributed by atoms with Gasteiger partial charge in [-0.1, -0.05) is 12.8 Å². The van der Waals surface area contributed by atoms with Crippen LogP contribution in [0.3, 0.4) is 0 Å². The Morgan fingerprint density at radius 2 is 1.77 bits per heavy atom. The maximum Gasteiger partial charge on any atom is 0.263 e. The van der Waals surface area contributed by atoms with Crippen LogP contribution < -0.4 is 10.2 Å². The molecule has 12 heteroatoms. The summed E-state index contributed by atoms with van der Waals surface area (Å²) >= 11 is 0.